The van der Waals surface area contributed by atoms with Gasteiger partial charge in [-0.2, -0.15) is 31.4 Å². The lowest BCUT2D eigenvalue weighted by molar-refractivity contribution is -0.138. The van der Waals surface area contributed by atoms with Gasteiger partial charge in [-0.3, -0.25) is 14.6 Å². The molecule has 0 radical (unpaired) electrons. The highest BCUT2D eigenvalue weighted by Crippen LogP contribution is 2.37. The topological polar surface area (TPSA) is 165 Å². The van der Waals surface area contributed by atoms with Gasteiger partial charge in [0.25, 0.3) is 21.8 Å². The van der Waals surface area contributed by atoms with Crippen LogP contribution in [-0.4, -0.2) is 95.2 Å². The first-order valence-electron chi connectivity index (χ1n) is 19.4. The zero-order chi connectivity index (χ0) is 45.6. The Labute approximate surface area is 366 Å². The number of piperazine rings is 1. The summed E-state index contributed by atoms with van der Waals surface area (Å²) in [5.74, 6) is -0.726. The van der Waals surface area contributed by atoms with Gasteiger partial charge < -0.3 is 19.9 Å². The minimum absolute atomic E-state index is 0.00508. The van der Waals surface area contributed by atoms with Gasteiger partial charge in [-0.1, -0.05) is 18.2 Å². The van der Waals surface area contributed by atoms with Crippen molar-refractivity contribution in [3.63, 3.8) is 0 Å². The average Bonchev–Trinajstić information content (AvgIpc) is 3.78. The molecule has 0 atom stereocenters. The summed E-state index contributed by atoms with van der Waals surface area (Å²) in [6, 6.07) is 18.9. The Bertz CT molecular complexity index is 2730. The Kier molecular flexibility index (Phi) is 13.4. The number of benzene rings is 3. The highest BCUT2D eigenvalue weighted by Gasteiger charge is 2.36. The number of nitrogens with one attached hydrogen (secondary N) is 2. The van der Waals surface area contributed by atoms with Crippen LogP contribution in [0.2, 0.25) is 0 Å². The number of aromatic nitrogens is 5. The van der Waals surface area contributed by atoms with Crippen LogP contribution in [0.1, 0.15) is 38.9 Å². The molecule has 0 unspecified atom stereocenters. The molecule has 0 saturated carbocycles. The Morgan fingerprint density at radius 2 is 1.59 bits per heavy atom. The fourth-order valence-corrected chi connectivity index (χ4v) is 8.36. The minimum atomic E-state index is -4.92. The van der Waals surface area contributed by atoms with Crippen LogP contribution in [0.25, 0.3) is 16.8 Å². The molecule has 0 aliphatic carbocycles. The van der Waals surface area contributed by atoms with Crippen molar-refractivity contribution < 1.29 is 49.1 Å². The summed E-state index contributed by atoms with van der Waals surface area (Å²) < 4.78 is 119. The molecule has 1 fully saturated rings. The van der Waals surface area contributed by atoms with E-state index in [1.807, 2.05) is 37.3 Å². The number of carbonyl (C=O) groups excluding carboxylic acids is 2. The number of halogens is 6. The van der Waals surface area contributed by atoms with Crippen LogP contribution in [0.3, 0.4) is 0 Å². The van der Waals surface area contributed by atoms with Crippen LogP contribution < -0.4 is 19.7 Å². The number of hydrogen-bond acceptors (Lipinski definition) is 12. The van der Waals surface area contributed by atoms with E-state index in [2.05, 4.69) is 25.6 Å². The first-order valence-corrected chi connectivity index (χ1v) is 21.9. The molecule has 2 N–H and O–H groups in total. The summed E-state index contributed by atoms with van der Waals surface area (Å²) in [4.78, 5) is 33.9. The van der Waals surface area contributed by atoms with Gasteiger partial charge in [0.15, 0.2) is 11.5 Å². The fraction of sp³-hybridized carbons (Fsp3) is 0.238. The quantitative estimate of drug-likeness (QED) is 0.0631. The number of rotatable bonds is 14. The Morgan fingerprint density at radius 3 is 2.28 bits per heavy atom. The van der Waals surface area contributed by atoms with E-state index in [0.29, 0.717) is 35.3 Å². The van der Waals surface area contributed by atoms with Gasteiger partial charge in [0.2, 0.25) is 0 Å². The molecule has 334 valence electrons. The number of hydrogen-bond donors (Lipinski definition) is 2. The number of anilines is 2. The number of ether oxygens (including phenoxy) is 1. The normalized spacial score (nSPS) is 13.4. The van der Waals surface area contributed by atoms with Crippen molar-refractivity contribution in [1.82, 2.24) is 34.6 Å². The van der Waals surface area contributed by atoms with Crippen LogP contribution >= 0.6 is 11.8 Å². The van der Waals surface area contributed by atoms with Crippen molar-refractivity contribution in [3.8, 4) is 22.6 Å². The van der Waals surface area contributed by atoms with E-state index in [1.54, 1.807) is 21.9 Å². The lowest BCUT2D eigenvalue weighted by Gasteiger charge is -2.35. The van der Waals surface area contributed by atoms with E-state index in [-0.39, 0.29) is 55.5 Å². The fourth-order valence-electron chi connectivity index (χ4n) is 6.59. The number of thioether (sulfide) groups is 1. The molecule has 0 spiro atoms. The third kappa shape index (κ3) is 10.9. The van der Waals surface area contributed by atoms with Crippen LogP contribution in [-0.2, 0) is 22.4 Å². The van der Waals surface area contributed by atoms with Crippen LogP contribution in [0.4, 0.5) is 37.8 Å². The molecular weight excluding hydrogens is 889 g/mol. The van der Waals surface area contributed by atoms with E-state index >= 15 is 0 Å². The number of alkyl halides is 6. The van der Waals surface area contributed by atoms with Crippen molar-refractivity contribution in [2.24, 2.45) is 0 Å². The second kappa shape index (κ2) is 19.0. The summed E-state index contributed by atoms with van der Waals surface area (Å²) in [6.07, 6.45) is -3.63. The summed E-state index contributed by atoms with van der Waals surface area (Å²) in [6.45, 7) is 2.85. The maximum atomic E-state index is 14.1. The van der Waals surface area contributed by atoms with Crippen molar-refractivity contribution in [3.05, 3.63) is 132 Å². The number of amides is 2. The summed E-state index contributed by atoms with van der Waals surface area (Å²) in [5, 5.41) is 14.7. The number of pyridine rings is 1. The molecule has 1 saturated heterocycles. The van der Waals surface area contributed by atoms with Gasteiger partial charge in [-0.15, -0.1) is 22.0 Å². The molecule has 7 rings (SSSR count). The molecular formula is C42H37F6N9O5S2. The second-order valence-corrected chi connectivity index (χ2v) is 16.9. The van der Waals surface area contributed by atoms with Gasteiger partial charge >= 0.3 is 12.4 Å². The predicted molar refractivity (Wildman–Crippen MR) is 225 cm³/mol. The third-order valence-corrected chi connectivity index (χ3v) is 12.1. The molecule has 1 aliphatic rings. The molecule has 64 heavy (non-hydrogen) atoms. The molecule has 3 aromatic heterocycles. The van der Waals surface area contributed by atoms with Gasteiger partial charge in [0.05, 0.1) is 40.7 Å². The van der Waals surface area contributed by atoms with E-state index < -0.39 is 55.9 Å². The molecule has 22 heteroatoms. The Hall–Kier alpha value is -6.68. The zero-order valence-corrected chi connectivity index (χ0v) is 35.2. The number of sulfonamides is 1. The summed E-state index contributed by atoms with van der Waals surface area (Å²) in [7, 11) is -4.80. The SMILES string of the molecule is CCOc1cncc(-c2cnn(-c3cc(C(=O)N4CCN(c5ccc(C(=O)NS(=O)(=O)c6ccc(NCCSc7ccccc7)c(C(F)(F)F)c6)nn5)CC4)cc(C(F)(F)F)c3)c2)c1. The zero-order valence-electron chi connectivity index (χ0n) is 33.6. The van der Waals surface area contributed by atoms with E-state index in [0.717, 1.165) is 29.2 Å². The monoisotopic (exact) mass is 925 g/mol. The molecule has 14 nitrogen and oxygen atoms in total. The van der Waals surface area contributed by atoms with E-state index in [1.165, 1.54) is 58.1 Å². The molecule has 4 heterocycles. The van der Waals surface area contributed by atoms with Crippen molar-refractivity contribution >= 4 is 45.1 Å². The van der Waals surface area contributed by atoms with Crippen molar-refractivity contribution in [2.75, 3.05) is 55.3 Å². The Morgan fingerprint density at radius 1 is 0.828 bits per heavy atom. The van der Waals surface area contributed by atoms with Gasteiger partial charge in [-0.05, 0) is 73.7 Å². The largest absolute Gasteiger partial charge is 0.492 e. The maximum absolute atomic E-state index is 14.1. The molecule has 0 bridgehead atoms. The molecule has 2 amide bonds. The van der Waals surface area contributed by atoms with Gasteiger partial charge in [-0.25, -0.2) is 17.8 Å². The smallest absolute Gasteiger partial charge is 0.418 e. The minimum Gasteiger partial charge on any atom is -0.492 e. The highest BCUT2D eigenvalue weighted by atomic mass is 32.2. The lowest BCUT2D eigenvalue weighted by Crippen LogP contribution is -2.49. The van der Waals surface area contributed by atoms with E-state index in [4.69, 9.17) is 4.74 Å². The van der Waals surface area contributed by atoms with Gasteiger partial charge in [0, 0.05) is 78.1 Å². The summed E-state index contributed by atoms with van der Waals surface area (Å²) in [5.41, 5.74) is -2.09. The maximum Gasteiger partial charge on any atom is 0.418 e. The first-order chi connectivity index (χ1) is 30.5. The lowest BCUT2D eigenvalue weighted by atomic mass is 10.1. The molecule has 1 aliphatic heterocycles. The molecule has 6 aromatic rings. The third-order valence-electron chi connectivity index (χ3n) is 9.73. The van der Waals surface area contributed by atoms with Crippen molar-refractivity contribution in [2.45, 2.75) is 29.1 Å². The number of nitrogens with zero attached hydrogens (tertiary/aromatic N) is 7. The standard InChI is InChI=1S/C42H37F6N9O5S2/c1-2-62-32-20-28(23-49-25-32)29-24-51-57(26-29)31-19-27(18-30(21-31)41(43,44)45)40(59)56-15-13-55(14-16-56)38-11-10-37(52-53-38)39(58)54-64(60,61)34-8-9-36(35(22-34)42(46,47)48)50-12-17-63-33-6-4-3-5-7-33/h3-11,18-26,50H,2,12-17H2,1H3,(H,54,58). The van der Waals surface area contributed by atoms with Crippen LogP contribution in [0, 0.1) is 0 Å². The van der Waals surface area contributed by atoms with Crippen LogP contribution in [0.15, 0.2) is 120 Å². The predicted octanol–water partition coefficient (Wildman–Crippen LogP) is 7.45. The first kappa shape index (κ1) is 45.3. The molecule has 3 aromatic carbocycles. The highest BCUT2D eigenvalue weighted by molar-refractivity contribution is 7.99. The summed E-state index contributed by atoms with van der Waals surface area (Å²) >= 11 is 1.43. The second-order valence-electron chi connectivity index (χ2n) is 14.1. The number of carbonyl (C=O) groups is 2. The van der Waals surface area contributed by atoms with E-state index in [9.17, 15) is 44.3 Å². The average molecular weight is 926 g/mol. The van der Waals surface area contributed by atoms with Gasteiger partial charge in [0.1, 0.15) is 5.75 Å². The Balaban J connectivity index is 0.973. The van der Waals surface area contributed by atoms with Crippen LogP contribution in [0.5, 0.6) is 5.75 Å². The van der Waals surface area contributed by atoms with Crippen molar-refractivity contribution in [1.29, 1.82) is 0 Å².